The first-order chi connectivity index (χ1) is 13.6. The second-order valence-electron chi connectivity index (χ2n) is 7.62. The zero-order chi connectivity index (χ0) is 19.5. The average molecular weight is 363 g/mol. The molecule has 0 unspecified atom stereocenters. The molecule has 0 heteroatoms. The van der Waals surface area contributed by atoms with Crippen LogP contribution in [-0.4, -0.2) is 0 Å². The van der Waals surface area contributed by atoms with E-state index in [1.807, 2.05) is 0 Å². The number of benzene rings is 4. The van der Waals surface area contributed by atoms with E-state index in [1.54, 1.807) is 0 Å². The highest BCUT2D eigenvalue weighted by atomic mass is 14.2. The highest BCUT2D eigenvalue weighted by Gasteiger charge is 2.13. The minimum absolute atomic E-state index is 0.948. The van der Waals surface area contributed by atoms with Crippen LogP contribution in [0.1, 0.15) is 27.8 Å². The lowest BCUT2D eigenvalue weighted by Gasteiger charge is -2.17. The molecular formula is C28H26. The van der Waals surface area contributed by atoms with Crippen LogP contribution in [0.25, 0.3) is 22.3 Å². The van der Waals surface area contributed by atoms with Crippen LogP contribution in [0.3, 0.4) is 0 Å². The van der Waals surface area contributed by atoms with Gasteiger partial charge in [-0.15, -0.1) is 0 Å². The zero-order valence-corrected chi connectivity index (χ0v) is 16.9. The summed E-state index contributed by atoms with van der Waals surface area (Å²) in [7, 11) is 0. The fourth-order valence-electron chi connectivity index (χ4n) is 4.06. The average Bonchev–Trinajstić information content (AvgIpc) is 2.70. The van der Waals surface area contributed by atoms with E-state index in [0.29, 0.717) is 0 Å². The third kappa shape index (κ3) is 3.64. The number of rotatable bonds is 4. The smallest absolute Gasteiger partial charge is 0.00196 e. The Morgan fingerprint density at radius 2 is 1.04 bits per heavy atom. The maximum absolute atomic E-state index is 2.39. The number of hydrogen-bond donors (Lipinski definition) is 0. The third-order valence-corrected chi connectivity index (χ3v) is 5.55. The van der Waals surface area contributed by atoms with Crippen molar-refractivity contribution in [2.24, 2.45) is 0 Å². The van der Waals surface area contributed by atoms with Gasteiger partial charge in [0.15, 0.2) is 0 Å². The van der Waals surface area contributed by atoms with Crippen molar-refractivity contribution in [3.63, 3.8) is 0 Å². The summed E-state index contributed by atoms with van der Waals surface area (Å²) in [5.74, 6) is 0. The highest BCUT2D eigenvalue weighted by Crippen LogP contribution is 2.35. The van der Waals surface area contributed by atoms with Gasteiger partial charge in [-0.2, -0.15) is 0 Å². The molecule has 0 aliphatic rings. The van der Waals surface area contributed by atoms with Gasteiger partial charge in [0.25, 0.3) is 0 Å². The molecule has 0 nitrogen and oxygen atoms in total. The second-order valence-corrected chi connectivity index (χ2v) is 7.62. The molecule has 4 rings (SSSR count). The van der Waals surface area contributed by atoms with Gasteiger partial charge in [-0.05, 0) is 83.3 Å². The van der Waals surface area contributed by atoms with E-state index >= 15 is 0 Å². The van der Waals surface area contributed by atoms with Gasteiger partial charge in [0.2, 0.25) is 0 Å². The van der Waals surface area contributed by atoms with Crippen molar-refractivity contribution in [3.05, 3.63) is 119 Å². The van der Waals surface area contributed by atoms with E-state index in [2.05, 4.69) is 112 Å². The normalized spacial score (nSPS) is 10.8. The molecule has 0 aliphatic carbocycles. The first-order valence-corrected chi connectivity index (χ1v) is 9.93. The van der Waals surface area contributed by atoms with E-state index in [9.17, 15) is 0 Å². The van der Waals surface area contributed by atoms with Crippen molar-refractivity contribution in [2.75, 3.05) is 0 Å². The van der Waals surface area contributed by atoms with E-state index in [0.717, 1.165) is 6.42 Å². The topological polar surface area (TPSA) is 0 Å². The molecule has 0 aliphatic heterocycles. The highest BCUT2D eigenvalue weighted by molar-refractivity contribution is 5.80. The minimum atomic E-state index is 0.948. The second kappa shape index (κ2) is 7.86. The predicted octanol–water partition coefficient (Wildman–Crippen LogP) is 7.54. The summed E-state index contributed by atoms with van der Waals surface area (Å²) >= 11 is 0. The van der Waals surface area contributed by atoms with Crippen molar-refractivity contribution < 1.29 is 0 Å². The Hall–Kier alpha value is -3.12. The fraction of sp³-hybridized carbons (Fsp3) is 0.143. The molecule has 0 saturated heterocycles. The Balaban J connectivity index is 1.84. The van der Waals surface area contributed by atoms with E-state index in [1.165, 1.54) is 50.1 Å². The van der Waals surface area contributed by atoms with Crippen LogP contribution in [0.2, 0.25) is 0 Å². The van der Waals surface area contributed by atoms with Crippen molar-refractivity contribution in [2.45, 2.75) is 27.2 Å². The molecule has 0 fully saturated rings. The molecule has 4 aromatic carbocycles. The largest absolute Gasteiger partial charge is 0.0622 e. The van der Waals surface area contributed by atoms with Crippen molar-refractivity contribution in [1.82, 2.24) is 0 Å². The molecular weight excluding hydrogens is 336 g/mol. The van der Waals surface area contributed by atoms with Crippen LogP contribution < -0.4 is 0 Å². The lowest BCUT2D eigenvalue weighted by molar-refractivity contribution is 1.19. The van der Waals surface area contributed by atoms with Crippen LogP contribution in [0.15, 0.2) is 91.0 Å². The summed E-state index contributed by atoms with van der Waals surface area (Å²) in [4.78, 5) is 0. The van der Waals surface area contributed by atoms with Gasteiger partial charge in [-0.1, -0.05) is 84.9 Å². The van der Waals surface area contributed by atoms with Gasteiger partial charge >= 0.3 is 0 Å². The van der Waals surface area contributed by atoms with Crippen LogP contribution in [0, 0.1) is 20.8 Å². The Morgan fingerprint density at radius 3 is 1.75 bits per heavy atom. The summed E-state index contributed by atoms with van der Waals surface area (Å²) in [5.41, 5.74) is 12.0. The standard InChI is InChI=1S/C28H26/c1-20-11-7-9-15-25(20)27-19-28(22(3)17-21(27)2)26-16-10-8-14-24(26)18-23-12-5-4-6-13-23/h4-17,19H,18H2,1-3H3. The quantitative estimate of drug-likeness (QED) is 0.352. The van der Waals surface area contributed by atoms with Crippen LogP contribution in [-0.2, 0) is 6.42 Å². The van der Waals surface area contributed by atoms with Gasteiger partial charge in [-0.25, -0.2) is 0 Å². The molecule has 0 aromatic heterocycles. The third-order valence-electron chi connectivity index (χ3n) is 5.55. The van der Waals surface area contributed by atoms with Crippen molar-refractivity contribution in [1.29, 1.82) is 0 Å². The molecule has 138 valence electrons. The summed E-state index contributed by atoms with van der Waals surface area (Å²) in [5, 5.41) is 0. The molecule has 0 spiro atoms. The van der Waals surface area contributed by atoms with Gasteiger partial charge in [0.05, 0.1) is 0 Å². The summed E-state index contributed by atoms with van der Waals surface area (Å²) < 4.78 is 0. The molecule has 0 amide bonds. The SMILES string of the molecule is Cc1ccccc1-c1cc(-c2ccccc2Cc2ccccc2)c(C)cc1C. The van der Waals surface area contributed by atoms with Gasteiger partial charge < -0.3 is 0 Å². The van der Waals surface area contributed by atoms with Crippen LogP contribution in [0.4, 0.5) is 0 Å². The Kier molecular flexibility index (Phi) is 5.12. The van der Waals surface area contributed by atoms with E-state index in [4.69, 9.17) is 0 Å². The Bertz CT molecular complexity index is 1100. The fourth-order valence-corrected chi connectivity index (χ4v) is 4.06. The summed E-state index contributed by atoms with van der Waals surface area (Å²) in [6.07, 6.45) is 0.948. The molecule has 0 saturated carbocycles. The molecule has 0 N–H and O–H groups in total. The number of hydrogen-bond acceptors (Lipinski definition) is 0. The van der Waals surface area contributed by atoms with Crippen LogP contribution >= 0.6 is 0 Å². The summed E-state index contributed by atoms with van der Waals surface area (Å²) in [6, 6.07) is 32.9. The van der Waals surface area contributed by atoms with Crippen molar-refractivity contribution in [3.8, 4) is 22.3 Å². The lowest BCUT2D eigenvalue weighted by Crippen LogP contribution is -1.96. The van der Waals surface area contributed by atoms with E-state index < -0.39 is 0 Å². The monoisotopic (exact) mass is 362 g/mol. The first kappa shape index (κ1) is 18.3. The van der Waals surface area contributed by atoms with Gasteiger partial charge in [-0.3, -0.25) is 0 Å². The lowest BCUT2D eigenvalue weighted by atomic mass is 9.87. The first-order valence-electron chi connectivity index (χ1n) is 9.93. The molecule has 28 heavy (non-hydrogen) atoms. The maximum Gasteiger partial charge on any atom is -0.00196 e. The summed E-state index contributed by atoms with van der Waals surface area (Å²) in [6.45, 7) is 6.63. The Morgan fingerprint density at radius 1 is 0.464 bits per heavy atom. The predicted molar refractivity (Wildman–Crippen MR) is 121 cm³/mol. The van der Waals surface area contributed by atoms with Crippen LogP contribution in [0.5, 0.6) is 0 Å². The molecule has 0 bridgehead atoms. The molecule has 4 aromatic rings. The molecule has 0 radical (unpaired) electrons. The van der Waals surface area contributed by atoms with Crippen molar-refractivity contribution >= 4 is 0 Å². The maximum atomic E-state index is 2.39. The Labute approximate surface area is 168 Å². The minimum Gasteiger partial charge on any atom is -0.0622 e. The molecule has 0 atom stereocenters. The molecule has 0 heterocycles. The van der Waals surface area contributed by atoms with E-state index in [-0.39, 0.29) is 0 Å². The number of aryl methyl sites for hydroxylation is 3. The van der Waals surface area contributed by atoms with Gasteiger partial charge in [0, 0.05) is 0 Å². The zero-order valence-electron chi connectivity index (χ0n) is 16.9. The van der Waals surface area contributed by atoms with Gasteiger partial charge in [0.1, 0.15) is 0 Å².